The minimum absolute atomic E-state index is 0.506. The van der Waals surface area contributed by atoms with Crippen molar-refractivity contribution in [2.45, 2.75) is 50.6 Å². The number of nitrogens with zero attached hydrogens (tertiary/aromatic N) is 2. The molecule has 4 aliphatic carbocycles. The molecule has 0 radical (unpaired) electrons. The molecule has 4 aliphatic rings. The van der Waals surface area contributed by atoms with Crippen LogP contribution in [0.15, 0.2) is 24.4 Å². The van der Waals surface area contributed by atoms with Crippen LogP contribution in [0.2, 0.25) is 0 Å². The van der Waals surface area contributed by atoms with Crippen LogP contribution in [0.1, 0.15) is 44.2 Å². The molecular weight excluding hydrogens is 232 g/mol. The molecule has 0 saturated heterocycles. The fourth-order valence-corrected chi connectivity index (χ4v) is 5.43. The van der Waals surface area contributed by atoms with Crippen LogP contribution in [0.4, 0.5) is 0 Å². The van der Waals surface area contributed by atoms with Gasteiger partial charge in [0, 0.05) is 18.3 Å². The Balaban J connectivity index is 1.55. The van der Waals surface area contributed by atoms with Gasteiger partial charge in [-0.3, -0.25) is 9.88 Å². The van der Waals surface area contributed by atoms with Crippen molar-refractivity contribution in [2.75, 3.05) is 7.05 Å². The Bertz CT molecular complexity index is 418. The highest BCUT2D eigenvalue weighted by Gasteiger charge is 2.52. The second-order valence-electron chi connectivity index (χ2n) is 7.32. The number of aromatic nitrogens is 1. The van der Waals surface area contributed by atoms with Crippen molar-refractivity contribution in [1.82, 2.24) is 9.88 Å². The van der Waals surface area contributed by atoms with Crippen LogP contribution >= 0.6 is 0 Å². The first-order chi connectivity index (χ1) is 9.23. The Hall–Kier alpha value is -0.890. The van der Waals surface area contributed by atoms with E-state index in [4.69, 9.17) is 0 Å². The number of pyridine rings is 1. The predicted octanol–water partition coefficient (Wildman–Crippen LogP) is 3.48. The van der Waals surface area contributed by atoms with Crippen LogP contribution in [-0.2, 0) is 6.54 Å². The Morgan fingerprint density at radius 3 is 2.26 bits per heavy atom. The largest absolute Gasteiger partial charge is 0.295 e. The Kier molecular flexibility index (Phi) is 2.70. The molecule has 5 rings (SSSR count). The summed E-state index contributed by atoms with van der Waals surface area (Å²) in [4.78, 5) is 7.14. The first kappa shape index (κ1) is 11.9. The number of rotatable bonds is 3. The molecule has 4 bridgehead atoms. The van der Waals surface area contributed by atoms with Gasteiger partial charge >= 0.3 is 0 Å². The second-order valence-corrected chi connectivity index (χ2v) is 7.32. The van der Waals surface area contributed by atoms with Gasteiger partial charge in [0.2, 0.25) is 0 Å². The molecule has 102 valence electrons. The lowest BCUT2D eigenvalue weighted by molar-refractivity contribution is -0.0825. The van der Waals surface area contributed by atoms with E-state index in [9.17, 15) is 0 Å². The van der Waals surface area contributed by atoms with Crippen molar-refractivity contribution in [1.29, 1.82) is 0 Å². The highest BCUT2D eigenvalue weighted by atomic mass is 15.2. The molecule has 2 heteroatoms. The third-order valence-corrected chi connectivity index (χ3v) is 5.94. The van der Waals surface area contributed by atoms with E-state index >= 15 is 0 Å². The lowest BCUT2D eigenvalue weighted by Crippen LogP contribution is -2.58. The van der Waals surface area contributed by atoms with Gasteiger partial charge in [0.1, 0.15) is 0 Å². The quantitative estimate of drug-likeness (QED) is 0.823. The van der Waals surface area contributed by atoms with E-state index in [-0.39, 0.29) is 0 Å². The monoisotopic (exact) mass is 256 g/mol. The molecule has 1 aromatic heterocycles. The minimum Gasteiger partial charge on any atom is -0.295 e. The van der Waals surface area contributed by atoms with Crippen molar-refractivity contribution in [3.05, 3.63) is 30.1 Å². The highest BCUT2D eigenvalue weighted by molar-refractivity contribution is 5.09. The average molecular weight is 256 g/mol. The van der Waals surface area contributed by atoms with Gasteiger partial charge < -0.3 is 0 Å². The molecule has 4 fully saturated rings. The third kappa shape index (κ3) is 2.01. The second kappa shape index (κ2) is 4.31. The molecule has 0 spiro atoms. The van der Waals surface area contributed by atoms with Crippen molar-refractivity contribution >= 4 is 0 Å². The fraction of sp³-hybridized carbons (Fsp3) is 0.706. The number of hydrogen-bond acceptors (Lipinski definition) is 2. The smallest absolute Gasteiger partial charge is 0.0544 e. The van der Waals surface area contributed by atoms with Gasteiger partial charge in [-0.1, -0.05) is 6.07 Å². The maximum Gasteiger partial charge on any atom is 0.0544 e. The molecule has 0 aromatic carbocycles. The molecule has 0 unspecified atom stereocenters. The zero-order valence-corrected chi connectivity index (χ0v) is 11.9. The minimum atomic E-state index is 0.506. The van der Waals surface area contributed by atoms with E-state index < -0.39 is 0 Å². The van der Waals surface area contributed by atoms with Gasteiger partial charge in [-0.05, 0) is 75.5 Å². The molecule has 2 nitrogen and oxygen atoms in total. The van der Waals surface area contributed by atoms with Gasteiger partial charge in [0.25, 0.3) is 0 Å². The van der Waals surface area contributed by atoms with E-state index in [2.05, 4.69) is 29.1 Å². The van der Waals surface area contributed by atoms with Crippen LogP contribution in [-0.4, -0.2) is 22.5 Å². The summed E-state index contributed by atoms with van der Waals surface area (Å²) in [5.41, 5.74) is 1.73. The maximum absolute atomic E-state index is 4.50. The van der Waals surface area contributed by atoms with Gasteiger partial charge in [-0.2, -0.15) is 0 Å². The van der Waals surface area contributed by atoms with Crippen LogP contribution in [0.25, 0.3) is 0 Å². The predicted molar refractivity (Wildman–Crippen MR) is 76.6 cm³/mol. The van der Waals surface area contributed by atoms with Gasteiger partial charge in [0.15, 0.2) is 0 Å². The van der Waals surface area contributed by atoms with Crippen molar-refractivity contribution in [3.63, 3.8) is 0 Å². The summed E-state index contributed by atoms with van der Waals surface area (Å²) < 4.78 is 0. The topological polar surface area (TPSA) is 16.1 Å². The molecule has 19 heavy (non-hydrogen) atoms. The Labute approximate surface area is 116 Å². The highest BCUT2D eigenvalue weighted by Crippen LogP contribution is 2.57. The third-order valence-electron chi connectivity index (χ3n) is 5.94. The normalized spacial score (nSPS) is 40.0. The molecule has 0 atom stereocenters. The van der Waals surface area contributed by atoms with Crippen molar-refractivity contribution in [2.24, 2.45) is 17.8 Å². The summed E-state index contributed by atoms with van der Waals surface area (Å²) in [6.45, 7) is 1.02. The molecule has 0 N–H and O–H groups in total. The lowest BCUT2D eigenvalue weighted by Gasteiger charge is -2.60. The van der Waals surface area contributed by atoms with Gasteiger partial charge in [-0.15, -0.1) is 0 Å². The number of hydrogen-bond donors (Lipinski definition) is 0. The summed E-state index contributed by atoms with van der Waals surface area (Å²) in [6.07, 6.45) is 10.8. The van der Waals surface area contributed by atoms with Crippen molar-refractivity contribution < 1.29 is 0 Å². The maximum atomic E-state index is 4.50. The zero-order chi connectivity index (χ0) is 12.9. The first-order valence-corrected chi connectivity index (χ1v) is 7.85. The summed E-state index contributed by atoms with van der Waals surface area (Å²) >= 11 is 0. The summed E-state index contributed by atoms with van der Waals surface area (Å²) in [5, 5.41) is 0. The van der Waals surface area contributed by atoms with Gasteiger partial charge in [-0.25, -0.2) is 0 Å². The zero-order valence-electron chi connectivity index (χ0n) is 11.9. The molecule has 1 heterocycles. The van der Waals surface area contributed by atoms with E-state index in [0.717, 1.165) is 24.3 Å². The van der Waals surface area contributed by atoms with E-state index in [1.54, 1.807) is 0 Å². The first-order valence-electron chi connectivity index (χ1n) is 7.85. The molecular formula is C17H24N2. The summed E-state index contributed by atoms with van der Waals surface area (Å²) in [7, 11) is 2.34. The van der Waals surface area contributed by atoms with E-state index in [1.165, 1.54) is 44.2 Å². The summed E-state index contributed by atoms with van der Waals surface area (Å²) in [5.74, 6) is 3.08. The van der Waals surface area contributed by atoms with Crippen LogP contribution in [0.3, 0.4) is 0 Å². The van der Waals surface area contributed by atoms with E-state index in [0.29, 0.717) is 5.54 Å². The van der Waals surface area contributed by atoms with E-state index in [1.807, 2.05) is 12.3 Å². The Morgan fingerprint density at radius 2 is 1.74 bits per heavy atom. The van der Waals surface area contributed by atoms with Gasteiger partial charge in [0.05, 0.1) is 5.69 Å². The standard InChI is InChI=1S/C17H24N2/c1-19(12-16-4-2-3-5-18-16)17-9-13-6-14(10-17)8-15(7-13)11-17/h2-5,13-15H,6-12H2,1H3. The molecule has 1 aromatic rings. The summed E-state index contributed by atoms with van der Waals surface area (Å²) in [6, 6.07) is 6.28. The molecule has 0 amide bonds. The lowest BCUT2D eigenvalue weighted by atomic mass is 9.52. The molecule has 4 saturated carbocycles. The fourth-order valence-electron chi connectivity index (χ4n) is 5.43. The van der Waals surface area contributed by atoms with Crippen LogP contribution in [0.5, 0.6) is 0 Å². The van der Waals surface area contributed by atoms with Crippen LogP contribution < -0.4 is 0 Å². The SMILES string of the molecule is CN(Cc1ccccn1)C12CC3CC(CC(C3)C1)C2. The van der Waals surface area contributed by atoms with Crippen LogP contribution in [0, 0.1) is 17.8 Å². The molecule has 0 aliphatic heterocycles. The average Bonchev–Trinajstić information content (AvgIpc) is 2.38. The van der Waals surface area contributed by atoms with Crippen molar-refractivity contribution in [3.8, 4) is 0 Å². The Morgan fingerprint density at radius 1 is 1.11 bits per heavy atom.